The van der Waals surface area contributed by atoms with Gasteiger partial charge in [0.1, 0.15) is 0 Å². The fourth-order valence-electron chi connectivity index (χ4n) is 3.58. The summed E-state index contributed by atoms with van der Waals surface area (Å²) >= 11 is 0. The first-order chi connectivity index (χ1) is 9.17. The summed E-state index contributed by atoms with van der Waals surface area (Å²) in [6, 6.07) is 0. The predicted octanol–water partition coefficient (Wildman–Crippen LogP) is 3.22. The molecule has 0 aromatic carbocycles. The molecule has 2 heterocycles. The molecule has 106 valence electrons. The molecule has 2 atom stereocenters. The average molecular weight is 263 g/mol. The number of nitrogens with one attached hydrogen (secondary N) is 1. The number of aromatic nitrogens is 2. The van der Waals surface area contributed by atoms with Crippen molar-refractivity contribution in [2.45, 2.75) is 64.2 Å². The van der Waals surface area contributed by atoms with Crippen LogP contribution in [0.25, 0.3) is 0 Å². The van der Waals surface area contributed by atoms with Crippen LogP contribution < -0.4 is 5.32 Å². The third-order valence-corrected chi connectivity index (χ3v) is 4.92. The number of rotatable bonds is 2. The lowest BCUT2D eigenvalue weighted by Gasteiger charge is -2.36. The van der Waals surface area contributed by atoms with Gasteiger partial charge in [0.05, 0.1) is 0 Å². The van der Waals surface area contributed by atoms with Crippen molar-refractivity contribution in [3.63, 3.8) is 0 Å². The van der Waals surface area contributed by atoms with Crippen LogP contribution in [0.1, 0.15) is 75.9 Å². The normalized spacial score (nSPS) is 31.3. The minimum Gasteiger partial charge on any atom is -0.339 e. The molecule has 1 aromatic rings. The third-order valence-electron chi connectivity index (χ3n) is 4.92. The van der Waals surface area contributed by atoms with Gasteiger partial charge in [0.2, 0.25) is 5.89 Å². The highest BCUT2D eigenvalue weighted by Gasteiger charge is 2.37. The van der Waals surface area contributed by atoms with Crippen LogP contribution >= 0.6 is 0 Å². The van der Waals surface area contributed by atoms with Gasteiger partial charge >= 0.3 is 0 Å². The van der Waals surface area contributed by atoms with E-state index in [1.807, 2.05) is 0 Å². The van der Waals surface area contributed by atoms with Crippen molar-refractivity contribution in [1.82, 2.24) is 15.5 Å². The van der Waals surface area contributed by atoms with E-state index in [9.17, 15) is 0 Å². The van der Waals surface area contributed by atoms with Crippen LogP contribution in [0.4, 0.5) is 0 Å². The Bertz CT molecular complexity index is 421. The molecular weight excluding hydrogens is 238 g/mol. The zero-order valence-electron chi connectivity index (χ0n) is 12.1. The van der Waals surface area contributed by atoms with Crippen LogP contribution in [0.5, 0.6) is 0 Å². The number of hydrogen-bond donors (Lipinski definition) is 1. The van der Waals surface area contributed by atoms with Gasteiger partial charge in [-0.05, 0) is 37.6 Å². The van der Waals surface area contributed by atoms with E-state index in [1.54, 1.807) is 0 Å². The van der Waals surface area contributed by atoms with Crippen molar-refractivity contribution in [1.29, 1.82) is 0 Å². The smallest absolute Gasteiger partial charge is 0.230 e. The maximum Gasteiger partial charge on any atom is 0.230 e. The molecule has 0 radical (unpaired) electrons. The van der Waals surface area contributed by atoms with E-state index in [2.05, 4.69) is 24.3 Å². The van der Waals surface area contributed by atoms with E-state index >= 15 is 0 Å². The van der Waals surface area contributed by atoms with Gasteiger partial charge in [0, 0.05) is 18.4 Å². The lowest BCUT2D eigenvalue weighted by Crippen LogP contribution is -2.29. The monoisotopic (exact) mass is 263 g/mol. The predicted molar refractivity (Wildman–Crippen MR) is 74.1 cm³/mol. The molecule has 1 saturated carbocycles. The second-order valence-corrected chi connectivity index (χ2v) is 6.82. The van der Waals surface area contributed by atoms with Crippen molar-refractivity contribution < 1.29 is 4.52 Å². The fraction of sp³-hybridized carbons (Fsp3) is 0.867. The van der Waals surface area contributed by atoms with Gasteiger partial charge in [-0.1, -0.05) is 31.8 Å². The van der Waals surface area contributed by atoms with Crippen LogP contribution in [0, 0.1) is 5.41 Å². The SMILES string of the molecule is CC1(C)CCCCC1c1nc(C2CCCNC2)no1. The van der Waals surface area contributed by atoms with Gasteiger partial charge in [-0.3, -0.25) is 0 Å². The van der Waals surface area contributed by atoms with Gasteiger partial charge in [0.15, 0.2) is 5.82 Å². The first kappa shape index (κ1) is 13.1. The van der Waals surface area contributed by atoms with Gasteiger partial charge in [0.25, 0.3) is 0 Å². The van der Waals surface area contributed by atoms with E-state index in [4.69, 9.17) is 9.51 Å². The molecule has 4 nitrogen and oxygen atoms in total. The van der Waals surface area contributed by atoms with Crippen molar-refractivity contribution in [2.24, 2.45) is 5.41 Å². The van der Waals surface area contributed by atoms with E-state index in [-0.39, 0.29) is 0 Å². The molecule has 1 N–H and O–H groups in total. The highest BCUT2D eigenvalue weighted by Crippen LogP contribution is 2.46. The summed E-state index contributed by atoms with van der Waals surface area (Å²) < 4.78 is 5.60. The van der Waals surface area contributed by atoms with Crippen molar-refractivity contribution >= 4 is 0 Å². The Labute approximate surface area is 115 Å². The van der Waals surface area contributed by atoms with Crippen LogP contribution in [-0.4, -0.2) is 23.2 Å². The molecule has 2 fully saturated rings. The van der Waals surface area contributed by atoms with E-state index in [0.29, 0.717) is 17.3 Å². The van der Waals surface area contributed by atoms with E-state index < -0.39 is 0 Å². The summed E-state index contributed by atoms with van der Waals surface area (Å²) in [5, 5.41) is 7.67. The molecule has 1 aromatic heterocycles. The molecule has 3 rings (SSSR count). The molecule has 0 spiro atoms. The Morgan fingerprint density at radius 3 is 2.84 bits per heavy atom. The number of hydrogen-bond acceptors (Lipinski definition) is 4. The molecule has 2 unspecified atom stereocenters. The van der Waals surface area contributed by atoms with Gasteiger partial charge in [-0.2, -0.15) is 4.98 Å². The average Bonchev–Trinajstić information content (AvgIpc) is 2.88. The standard InChI is InChI=1S/C15H25N3O/c1-15(2)8-4-3-7-12(15)14-17-13(18-19-14)11-6-5-9-16-10-11/h11-12,16H,3-10H2,1-2H3. The summed E-state index contributed by atoms with van der Waals surface area (Å²) in [6.45, 7) is 6.79. The van der Waals surface area contributed by atoms with Gasteiger partial charge in [-0.15, -0.1) is 0 Å². The van der Waals surface area contributed by atoms with Crippen molar-refractivity contribution in [3.8, 4) is 0 Å². The Kier molecular flexibility index (Phi) is 3.61. The minimum atomic E-state index is 0.298. The van der Waals surface area contributed by atoms with Crippen LogP contribution in [0.3, 0.4) is 0 Å². The maximum atomic E-state index is 5.60. The van der Waals surface area contributed by atoms with E-state index in [0.717, 1.165) is 24.8 Å². The Hall–Kier alpha value is -0.900. The Morgan fingerprint density at radius 1 is 1.21 bits per heavy atom. The second kappa shape index (κ2) is 5.23. The molecular formula is C15H25N3O. The van der Waals surface area contributed by atoms with Gasteiger partial charge in [-0.25, -0.2) is 0 Å². The van der Waals surface area contributed by atoms with Crippen LogP contribution in [0.2, 0.25) is 0 Å². The fourth-order valence-corrected chi connectivity index (χ4v) is 3.58. The molecule has 4 heteroatoms. The highest BCUT2D eigenvalue weighted by atomic mass is 16.5. The number of nitrogens with zero attached hydrogens (tertiary/aromatic N) is 2. The minimum absolute atomic E-state index is 0.298. The molecule has 0 amide bonds. The lowest BCUT2D eigenvalue weighted by atomic mass is 9.69. The summed E-state index contributed by atoms with van der Waals surface area (Å²) in [4.78, 5) is 4.74. The number of piperidine rings is 1. The van der Waals surface area contributed by atoms with Gasteiger partial charge < -0.3 is 9.84 Å². The summed E-state index contributed by atoms with van der Waals surface area (Å²) in [6.07, 6.45) is 7.47. The largest absolute Gasteiger partial charge is 0.339 e. The topological polar surface area (TPSA) is 51.0 Å². The summed E-state index contributed by atoms with van der Waals surface area (Å²) in [5.74, 6) is 2.69. The first-order valence-electron chi connectivity index (χ1n) is 7.71. The highest BCUT2D eigenvalue weighted by molar-refractivity contribution is 5.05. The molecule has 1 saturated heterocycles. The molecule has 1 aliphatic carbocycles. The molecule has 2 aliphatic rings. The maximum absolute atomic E-state index is 5.60. The van der Waals surface area contributed by atoms with Crippen LogP contribution in [-0.2, 0) is 0 Å². The second-order valence-electron chi connectivity index (χ2n) is 6.82. The molecule has 19 heavy (non-hydrogen) atoms. The van der Waals surface area contributed by atoms with Crippen molar-refractivity contribution in [2.75, 3.05) is 13.1 Å². The quantitative estimate of drug-likeness (QED) is 0.890. The zero-order chi connectivity index (χ0) is 13.3. The summed E-state index contributed by atoms with van der Waals surface area (Å²) in [5.41, 5.74) is 0.298. The zero-order valence-corrected chi connectivity index (χ0v) is 12.1. The molecule has 1 aliphatic heterocycles. The van der Waals surface area contributed by atoms with E-state index in [1.165, 1.54) is 38.5 Å². The van der Waals surface area contributed by atoms with Crippen LogP contribution in [0.15, 0.2) is 4.52 Å². The van der Waals surface area contributed by atoms with Crippen molar-refractivity contribution in [3.05, 3.63) is 11.7 Å². The summed E-state index contributed by atoms with van der Waals surface area (Å²) in [7, 11) is 0. The third kappa shape index (κ3) is 2.69. The molecule has 0 bridgehead atoms. The lowest BCUT2D eigenvalue weighted by molar-refractivity contribution is 0.164. The Balaban J connectivity index is 1.76. The Morgan fingerprint density at radius 2 is 2.11 bits per heavy atom. The first-order valence-corrected chi connectivity index (χ1v) is 7.71.